The molecule has 0 radical (unpaired) electrons. The number of rotatable bonds is 3. The van der Waals surface area contributed by atoms with Crippen molar-refractivity contribution in [3.05, 3.63) is 47.4 Å². The van der Waals surface area contributed by atoms with Crippen LogP contribution in [-0.2, 0) is 0 Å². The average Bonchev–Trinajstić information content (AvgIpc) is 3.01. The molecule has 0 spiro atoms. The largest absolute Gasteiger partial charge is 0.388 e. The number of amides is 1. The SMILES string of the molecule is Cc1nc(C(=O)N2CCC(C(O)c3ccc(F)cc3)CC2)no1. The van der Waals surface area contributed by atoms with E-state index in [0.29, 0.717) is 37.4 Å². The predicted molar refractivity (Wildman–Crippen MR) is 79.0 cm³/mol. The summed E-state index contributed by atoms with van der Waals surface area (Å²) in [5, 5.41) is 14.1. The van der Waals surface area contributed by atoms with E-state index < -0.39 is 6.10 Å². The molecule has 1 saturated heterocycles. The molecule has 2 aromatic rings. The maximum absolute atomic E-state index is 13.0. The molecule has 1 unspecified atom stereocenters. The molecule has 122 valence electrons. The van der Waals surface area contributed by atoms with E-state index in [2.05, 4.69) is 10.1 Å². The number of carbonyl (C=O) groups is 1. The van der Waals surface area contributed by atoms with Crippen LogP contribution in [0.2, 0.25) is 0 Å². The van der Waals surface area contributed by atoms with Crippen LogP contribution in [0.25, 0.3) is 0 Å². The number of aryl methyl sites for hydroxylation is 1. The molecular weight excluding hydrogens is 301 g/mol. The number of hydrogen-bond donors (Lipinski definition) is 1. The van der Waals surface area contributed by atoms with Crippen LogP contribution < -0.4 is 0 Å². The van der Waals surface area contributed by atoms with Gasteiger partial charge in [0.2, 0.25) is 5.89 Å². The summed E-state index contributed by atoms with van der Waals surface area (Å²) in [4.78, 5) is 17.8. The fraction of sp³-hybridized carbons (Fsp3) is 0.438. The third kappa shape index (κ3) is 3.39. The highest BCUT2D eigenvalue weighted by Gasteiger charge is 2.30. The number of hydrogen-bond acceptors (Lipinski definition) is 5. The second kappa shape index (κ2) is 6.45. The second-order valence-corrected chi connectivity index (χ2v) is 5.76. The van der Waals surface area contributed by atoms with Gasteiger partial charge in [-0.1, -0.05) is 17.3 Å². The van der Waals surface area contributed by atoms with Crippen molar-refractivity contribution in [2.75, 3.05) is 13.1 Å². The number of halogens is 1. The second-order valence-electron chi connectivity index (χ2n) is 5.76. The molecular formula is C16H18FN3O3. The highest BCUT2D eigenvalue weighted by atomic mass is 19.1. The number of likely N-dealkylation sites (tertiary alicyclic amines) is 1. The fourth-order valence-electron chi connectivity index (χ4n) is 2.88. The summed E-state index contributed by atoms with van der Waals surface area (Å²) in [6, 6.07) is 5.88. The average molecular weight is 319 g/mol. The Hall–Kier alpha value is -2.28. The van der Waals surface area contributed by atoms with Crippen molar-refractivity contribution in [1.29, 1.82) is 0 Å². The van der Waals surface area contributed by atoms with Gasteiger partial charge in [0.25, 0.3) is 11.7 Å². The fourth-order valence-corrected chi connectivity index (χ4v) is 2.88. The molecule has 1 amide bonds. The van der Waals surface area contributed by atoms with Gasteiger partial charge in [-0.05, 0) is 36.5 Å². The Morgan fingerprint density at radius 1 is 1.35 bits per heavy atom. The summed E-state index contributed by atoms with van der Waals surface area (Å²) in [6.45, 7) is 2.68. The monoisotopic (exact) mass is 319 g/mol. The van der Waals surface area contributed by atoms with E-state index in [-0.39, 0.29) is 23.5 Å². The standard InChI is InChI=1S/C16H18FN3O3/c1-10-18-15(19-23-10)16(22)20-8-6-12(7-9-20)14(21)11-2-4-13(17)5-3-11/h2-5,12,14,21H,6-9H2,1H3. The molecule has 1 atom stereocenters. The van der Waals surface area contributed by atoms with Crippen LogP contribution >= 0.6 is 0 Å². The van der Waals surface area contributed by atoms with E-state index in [1.54, 1.807) is 24.0 Å². The lowest BCUT2D eigenvalue weighted by Crippen LogP contribution is -2.40. The number of aromatic nitrogens is 2. The predicted octanol–water partition coefficient (Wildman–Crippen LogP) is 2.10. The molecule has 3 rings (SSSR count). The minimum atomic E-state index is -0.653. The van der Waals surface area contributed by atoms with Gasteiger partial charge in [-0.15, -0.1) is 0 Å². The van der Waals surface area contributed by atoms with Crippen LogP contribution in [0, 0.1) is 18.7 Å². The summed E-state index contributed by atoms with van der Waals surface area (Å²) >= 11 is 0. The van der Waals surface area contributed by atoms with E-state index in [4.69, 9.17) is 4.52 Å². The first-order valence-electron chi connectivity index (χ1n) is 7.57. The first-order valence-corrected chi connectivity index (χ1v) is 7.57. The molecule has 2 heterocycles. The van der Waals surface area contributed by atoms with Crippen molar-refractivity contribution in [3.63, 3.8) is 0 Å². The van der Waals surface area contributed by atoms with Crippen molar-refractivity contribution < 1.29 is 18.8 Å². The lowest BCUT2D eigenvalue weighted by molar-refractivity contribution is 0.0452. The van der Waals surface area contributed by atoms with Crippen LogP contribution in [-0.4, -0.2) is 39.1 Å². The van der Waals surface area contributed by atoms with Crippen molar-refractivity contribution in [1.82, 2.24) is 15.0 Å². The Bertz CT molecular complexity index is 678. The van der Waals surface area contributed by atoms with Gasteiger partial charge >= 0.3 is 0 Å². The van der Waals surface area contributed by atoms with Crippen molar-refractivity contribution in [2.24, 2.45) is 5.92 Å². The molecule has 1 aromatic carbocycles. The van der Waals surface area contributed by atoms with Crippen molar-refractivity contribution in [3.8, 4) is 0 Å². The number of piperidine rings is 1. The molecule has 0 saturated carbocycles. The third-order valence-corrected chi connectivity index (χ3v) is 4.20. The van der Waals surface area contributed by atoms with Gasteiger partial charge in [0.1, 0.15) is 5.82 Å². The van der Waals surface area contributed by atoms with Crippen molar-refractivity contribution >= 4 is 5.91 Å². The summed E-state index contributed by atoms with van der Waals surface area (Å²) in [6.07, 6.45) is 0.683. The number of carbonyl (C=O) groups excluding carboxylic acids is 1. The van der Waals surface area contributed by atoms with Crippen LogP contribution in [0.3, 0.4) is 0 Å². The van der Waals surface area contributed by atoms with Crippen LogP contribution in [0.4, 0.5) is 4.39 Å². The van der Waals surface area contributed by atoms with E-state index in [9.17, 15) is 14.3 Å². The normalized spacial score (nSPS) is 17.3. The Labute approximate surface area is 132 Å². The van der Waals surface area contributed by atoms with Gasteiger partial charge in [-0.3, -0.25) is 4.79 Å². The quantitative estimate of drug-likeness (QED) is 0.937. The molecule has 23 heavy (non-hydrogen) atoms. The highest BCUT2D eigenvalue weighted by Crippen LogP contribution is 2.31. The number of benzene rings is 1. The maximum atomic E-state index is 13.0. The Morgan fingerprint density at radius 3 is 2.57 bits per heavy atom. The van der Waals surface area contributed by atoms with Gasteiger partial charge in [0, 0.05) is 20.0 Å². The molecule has 0 aliphatic carbocycles. The zero-order valence-electron chi connectivity index (χ0n) is 12.8. The molecule has 1 aromatic heterocycles. The van der Waals surface area contributed by atoms with E-state index in [1.165, 1.54) is 12.1 Å². The summed E-state index contributed by atoms with van der Waals surface area (Å²) in [5.74, 6) is -0.111. The number of aliphatic hydroxyl groups excluding tert-OH is 1. The van der Waals surface area contributed by atoms with Gasteiger partial charge in [-0.25, -0.2) is 4.39 Å². The number of aliphatic hydroxyl groups is 1. The molecule has 1 fully saturated rings. The first kappa shape index (κ1) is 15.6. The Morgan fingerprint density at radius 2 is 2.00 bits per heavy atom. The summed E-state index contributed by atoms with van der Waals surface area (Å²) in [5.41, 5.74) is 0.699. The van der Waals surface area contributed by atoms with E-state index >= 15 is 0 Å². The minimum absolute atomic E-state index is 0.0384. The van der Waals surface area contributed by atoms with Crippen molar-refractivity contribution in [2.45, 2.75) is 25.9 Å². The first-order chi connectivity index (χ1) is 11.0. The topological polar surface area (TPSA) is 79.5 Å². The lowest BCUT2D eigenvalue weighted by Gasteiger charge is -2.33. The molecule has 7 heteroatoms. The molecule has 0 bridgehead atoms. The molecule has 6 nitrogen and oxygen atoms in total. The minimum Gasteiger partial charge on any atom is -0.388 e. The third-order valence-electron chi connectivity index (χ3n) is 4.20. The van der Waals surface area contributed by atoms with Gasteiger partial charge in [0.05, 0.1) is 6.10 Å². The zero-order chi connectivity index (χ0) is 16.4. The van der Waals surface area contributed by atoms with Crippen LogP contribution in [0.5, 0.6) is 0 Å². The van der Waals surface area contributed by atoms with Gasteiger partial charge in [-0.2, -0.15) is 4.98 Å². The Kier molecular flexibility index (Phi) is 4.38. The van der Waals surface area contributed by atoms with E-state index in [0.717, 1.165) is 0 Å². The van der Waals surface area contributed by atoms with Crippen LogP contribution in [0.15, 0.2) is 28.8 Å². The molecule has 1 aliphatic heterocycles. The Balaban J connectivity index is 1.59. The lowest BCUT2D eigenvalue weighted by atomic mass is 9.87. The summed E-state index contributed by atoms with van der Waals surface area (Å²) in [7, 11) is 0. The number of nitrogens with zero attached hydrogens (tertiary/aromatic N) is 3. The van der Waals surface area contributed by atoms with E-state index in [1.807, 2.05) is 0 Å². The summed E-state index contributed by atoms with van der Waals surface area (Å²) < 4.78 is 17.8. The van der Waals surface area contributed by atoms with Gasteiger partial charge < -0.3 is 14.5 Å². The molecule has 1 aliphatic rings. The zero-order valence-corrected chi connectivity index (χ0v) is 12.8. The highest BCUT2D eigenvalue weighted by molar-refractivity contribution is 5.90. The maximum Gasteiger partial charge on any atom is 0.295 e. The smallest absolute Gasteiger partial charge is 0.295 e. The van der Waals surface area contributed by atoms with Gasteiger partial charge in [0.15, 0.2) is 0 Å². The molecule has 1 N–H and O–H groups in total. The van der Waals surface area contributed by atoms with Crippen LogP contribution in [0.1, 0.15) is 41.0 Å².